The molecule has 1 aromatic heterocycles. The summed E-state index contributed by atoms with van der Waals surface area (Å²) in [6.45, 7) is 0. The summed E-state index contributed by atoms with van der Waals surface area (Å²) in [5, 5.41) is 2.02. The van der Waals surface area contributed by atoms with Crippen molar-refractivity contribution in [3.63, 3.8) is 0 Å². The molecule has 0 aliphatic carbocycles. The molecule has 0 saturated carbocycles. The van der Waals surface area contributed by atoms with Crippen molar-refractivity contribution in [2.75, 3.05) is 16.4 Å². The third kappa shape index (κ3) is 3.43. The second-order valence-corrected chi connectivity index (χ2v) is 10.6. The van der Waals surface area contributed by atoms with Crippen molar-refractivity contribution >= 4 is 49.7 Å². The first kappa shape index (κ1) is 17.7. The van der Waals surface area contributed by atoms with Gasteiger partial charge in [-0.25, -0.2) is 12.8 Å². The van der Waals surface area contributed by atoms with Crippen LogP contribution in [0, 0.1) is 5.82 Å². The van der Waals surface area contributed by atoms with Crippen molar-refractivity contribution in [3.05, 3.63) is 52.5 Å². The van der Waals surface area contributed by atoms with Gasteiger partial charge in [-0.2, -0.15) is 4.99 Å². The maximum absolute atomic E-state index is 14.4. The fourth-order valence-corrected chi connectivity index (χ4v) is 7.82. The lowest BCUT2D eigenvalue weighted by atomic mass is 10.2. The Morgan fingerprint density at radius 3 is 2.77 bits per heavy atom. The molecule has 26 heavy (non-hydrogen) atoms. The van der Waals surface area contributed by atoms with Gasteiger partial charge in [0.1, 0.15) is 5.82 Å². The standard InChI is InChI=1S/C17H15FN2O3S3/c18-12-5-1-2-6-13(12)20-14-9-26(22,23)10-15(14)25-17(20)19-16(21)8-11-4-3-7-24-11/h1-7,14-15H,8-10H2/t14-,15+/m0/s1. The third-order valence-electron chi connectivity index (χ3n) is 4.30. The van der Waals surface area contributed by atoms with Crippen molar-refractivity contribution in [1.29, 1.82) is 0 Å². The van der Waals surface area contributed by atoms with Crippen molar-refractivity contribution < 1.29 is 17.6 Å². The Morgan fingerprint density at radius 1 is 1.23 bits per heavy atom. The lowest BCUT2D eigenvalue weighted by Gasteiger charge is -2.24. The summed E-state index contributed by atoms with van der Waals surface area (Å²) in [6, 6.07) is 9.49. The quantitative estimate of drug-likeness (QED) is 0.778. The predicted octanol–water partition coefficient (Wildman–Crippen LogP) is 2.73. The normalized spacial score (nSPS) is 25.6. The summed E-state index contributed by atoms with van der Waals surface area (Å²) in [5.74, 6) is -0.821. The summed E-state index contributed by atoms with van der Waals surface area (Å²) in [7, 11) is -3.18. The number of thioether (sulfide) groups is 1. The average molecular weight is 411 g/mol. The monoisotopic (exact) mass is 410 g/mol. The van der Waals surface area contributed by atoms with E-state index in [0.717, 1.165) is 4.88 Å². The molecule has 3 heterocycles. The number of para-hydroxylation sites is 1. The van der Waals surface area contributed by atoms with Gasteiger partial charge in [-0.3, -0.25) is 4.79 Å². The number of nitrogens with zero attached hydrogens (tertiary/aromatic N) is 2. The zero-order chi connectivity index (χ0) is 18.3. The van der Waals surface area contributed by atoms with Crippen LogP contribution in [0.3, 0.4) is 0 Å². The van der Waals surface area contributed by atoms with Crippen molar-refractivity contribution in [3.8, 4) is 0 Å². The van der Waals surface area contributed by atoms with Crippen LogP contribution in [0.2, 0.25) is 0 Å². The van der Waals surface area contributed by atoms with Gasteiger partial charge >= 0.3 is 0 Å². The molecule has 9 heteroatoms. The van der Waals surface area contributed by atoms with Crippen LogP contribution in [0.15, 0.2) is 46.8 Å². The number of amidine groups is 1. The minimum atomic E-state index is -3.18. The smallest absolute Gasteiger partial charge is 0.253 e. The van der Waals surface area contributed by atoms with Gasteiger partial charge in [0, 0.05) is 10.1 Å². The van der Waals surface area contributed by atoms with Crippen molar-refractivity contribution in [2.45, 2.75) is 17.7 Å². The lowest BCUT2D eigenvalue weighted by Crippen LogP contribution is -2.38. The SMILES string of the molecule is O=C(Cc1cccs1)N=C1S[C@@H]2CS(=O)(=O)C[C@@H]2N1c1ccccc1F. The van der Waals surface area contributed by atoms with Crippen molar-refractivity contribution in [1.82, 2.24) is 0 Å². The first-order chi connectivity index (χ1) is 12.4. The van der Waals surface area contributed by atoms with Crippen LogP contribution in [0.4, 0.5) is 10.1 Å². The zero-order valence-corrected chi connectivity index (χ0v) is 16.0. The Morgan fingerprint density at radius 2 is 2.04 bits per heavy atom. The fraction of sp³-hybridized carbons (Fsp3) is 0.294. The number of carbonyl (C=O) groups is 1. The molecule has 2 aliphatic rings. The van der Waals surface area contributed by atoms with E-state index < -0.39 is 21.7 Å². The molecule has 136 valence electrons. The Balaban J connectivity index is 1.68. The number of benzene rings is 1. The highest BCUT2D eigenvalue weighted by molar-refractivity contribution is 8.16. The number of thiophene rings is 1. The average Bonchev–Trinajstić information content (AvgIpc) is 3.23. The van der Waals surface area contributed by atoms with E-state index >= 15 is 0 Å². The van der Waals surface area contributed by atoms with E-state index in [0.29, 0.717) is 5.17 Å². The van der Waals surface area contributed by atoms with E-state index in [2.05, 4.69) is 4.99 Å². The predicted molar refractivity (Wildman–Crippen MR) is 103 cm³/mol. The van der Waals surface area contributed by atoms with Gasteiger partial charge in [0.25, 0.3) is 5.91 Å². The molecule has 2 fully saturated rings. The maximum atomic E-state index is 14.4. The molecule has 2 aromatic rings. The molecular formula is C17H15FN2O3S3. The van der Waals surface area contributed by atoms with Crippen LogP contribution in [-0.4, -0.2) is 42.3 Å². The highest BCUT2D eigenvalue weighted by Crippen LogP contribution is 2.41. The Labute approximate surface area is 158 Å². The van der Waals surface area contributed by atoms with Crippen LogP contribution >= 0.6 is 23.1 Å². The Hall–Kier alpha value is -1.71. The molecule has 2 atom stereocenters. The maximum Gasteiger partial charge on any atom is 0.253 e. The number of hydrogen-bond donors (Lipinski definition) is 0. The number of carbonyl (C=O) groups excluding carboxylic acids is 1. The molecule has 1 aromatic carbocycles. The van der Waals surface area contributed by atoms with E-state index in [1.807, 2.05) is 17.5 Å². The first-order valence-corrected chi connectivity index (χ1v) is 11.6. The van der Waals surface area contributed by atoms with Gasteiger partial charge in [-0.15, -0.1) is 11.3 Å². The second-order valence-electron chi connectivity index (χ2n) is 6.17. The van der Waals surface area contributed by atoms with Gasteiger partial charge in [0.05, 0.1) is 29.7 Å². The number of rotatable bonds is 3. The molecule has 2 saturated heterocycles. The molecule has 0 spiro atoms. The molecule has 5 nitrogen and oxygen atoms in total. The number of halogens is 1. The molecule has 1 amide bonds. The van der Waals surface area contributed by atoms with E-state index in [1.165, 1.54) is 29.2 Å². The molecule has 0 bridgehead atoms. The van der Waals surface area contributed by atoms with E-state index in [4.69, 9.17) is 0 Å². The number of aliphatic imine (C=N–C) groups is 1. The molecular weight excluding hydrogens is 395 g/mol. The van der Waals surface area contributed by atoms with Crippen LogP contribution < -0.4 is 4.90 Å². The van der Waals surface area contributed by atoms with Gasteiger partial charge in [-0.1, -0.05) is 30.0 Å². The van der Waals surface area contributed by atoms with Gasteiger partial charge in [0.2, 0.25) is 0 Å². The Kier molecular flexibility index (Phi) is 4.62. The number of amides is 1. The van der Waals surface area contributed by atoms with Crippen LogP contribution in [0.1, 0.15) is 4.88 Å². The Bertz CT molecular complexity index is 973. The molecule has 0 unspecified atom stereocenters. The van der Waals surface area contributed by atoms with E-state index in [-0.39, 0.29) is 34.8 Å². The number of hydrogen-bond acceptors (Lipinski definition) is 5. The lowest BCUT2D eigenvalue weighted by molar-refractivity contribution is -0.117. The molecule has 0 N–H and O–H groups in total. The minimum absolute atomic E-state index is 0.0193. The summed E-state index contributed by atoms with van der Waals surface area (Å²) in [4.78, 5) is 19.0. The molecule has 2 aliphatic heterocycles. The van der Waals surface area contributed by atoms with Gasteiger partial charge in [-0.05, 0) is 23.6 Å². The topological polar surface area (TPSA) is 66.8 Å². The fourth-order valence-electron chi connectivity index (χ4n) is 3.20. The van der Waals surface area contributed by atoms with E-state index in [9.17, 15) is 17.6 Å². The number of fused-ring (bicyclic) bond motifs is 1. The second kappa shape index (κ2) is 6.79. The van der Waals surface area contributed by atoms with E-state index in [1.54, 1.807) is 23.1 Å². The molecule has 0 radical (unpaired) electrons. The summed E-state index contributed by atoms with van der Waals surface area (Å²) in [5.41, 5.74) is 0.257. The number of anilines is 1. The first-order valence-electron chi connectivity index (χ1n) is 7.98. The summed E-state index contributed by atoms with van der Waals surface area (Å²) >= 11 is 2.72. The molecule has 4 rings (SSSR count). The summed E-state index contributed by atoms with van der Waals surface area (Å²) < 4.78 is 38.4. The van der Waals surface area contributed by atoms with Gasteiger partial charge in [0.15, 0.2) is 15.0 Å². The largest absolute Gasteiger partial charge is 0.313 e. The van der Waals surface area contributed by atoms with Gasteiger partial charge < -0.3 is 4.90 Å². The zero-order valence-electron chi connectivity index (χ0n) is 13.5. The third-order valence-corrected chi connectivity index (χ3v) is 8.39. The number of sulfone groups is 1. The minimum Gasteiger partial charge on any atom is -0.313 e. The van der Waals surface area contributed by atoms with Crippen LogP contribution in [0.5, 0.6) is 0 Å². The van der Waals surface area contributed by atoms with Crippen LogP contribution in [0.25, 0.3) is 0 Å². The summed E-state index contributed by atoms with van der Waals surface area (Å²) in [6.07, 6.45) is 0.181. The highest BCUT2D eigenvalue weighted by Gasteiger charge is 2.49. The van der Waals surface area contributed by atoms with Crippen LogP contribution in [-0.2, 0) is 21.1 Å². The van der Waals surface area contributed by atoms with Crippen molar-refractivity contribution in [2.24, 2.45) is 4.99 Å². The highest BCUT2D eigenvalue weighted by atomic mass is 32.2.